The third-order valence-corrected chi connectivity index (χ3v) is 4.49. The van der Waals surface area contributed by atoms with Crippen molar-refractivity contribution in [3.8, 4) is 5.75 Å². The summed E-state index contributed by atoms with van der Waals surface area (Å²) >= 11 is 6.04. The van der Waals surface area contributed by atoms with Crippen molar-refractivity contribution in [1.29, 1.82) is 0 Å². The minimum atomic E-state index is -0.495. The summed E-state index contributed by atoms with van der Waals surface area (Å²) in [7, 11) is 1.48. The Morgan fingerprint density at radius 3 is 2.85 bits per heavy atom. The molecule has 1 amide bonds. The summed E-state index contributed by atoms with van der Waals surface area (Å²) in [5, 5.41) is 17.7. The number of hydrogen-bond donors (Lipinski definition) is 2. The molecule has 1 aliphatic rings. The predicted octanol–water partition coefficient (Wildman–Crippen LogP) is 3.93. The van der Waals surface area contributed by atoms with Crippen molar-refractivity contribution >= 4 is 28.9 Å². The lowest BCUT2D eigenvalue weighted by molar-refractivity contribution is -0.384. The minimum Gasteiger partial charge on any atom is -0.493 e. The summed E-state index contributed by atoms with van der Waals surface area (Å²) in [6.45, 7) is 0.559. The minimum absolute atomic E-state index is 0.147. The summed E-state index contributed by atoms with van der Waals surface area (Å²) in [6.07, 6.45) is 1.55. The Balaban J connectivity index is 1.96. The fourth-order valence-electron chi connectivity index (χ4n) is 2.97. The number of anilines is 1. The van der Waals surface area contributed by atoms with Crippen molar-refractivity contribution in [2.24, 2.45) is 0 Å². The van der Waals surface area contributed by atoms with Crippen LogP contribution >= 0.6 is 11.6 Å². The van der Waals surface area contributed by atoms with Crippen LogP contribution in [0, 0.1) is 10.1 Å². The maximum absolute atomic E-state index is 11.7. The maximum Gasteiger partial charge on any atom is 0.293 e. The lowest BCUT2D eigenvalue weighted by Crippen LogP contribution is -2.18. The number of nitro benzene ring substituents is 1. The van der Waals surface area contributed by atoms with E-state index in [1.165, 1.54) is 13.1 Å². The highest BCUT2D eigenvalue weighted by molar-refractivity contribution is 6.30. The van der Waals surface area contributed by atoms with Crippen LogP contribution in [0.3, 0.4) is 0 Å². The van der Waals surface area contributed by atoms with Crippen molar-refractivity contribution in [3.05, 3.63) is 62.7 Å². The predicted molar refractivity (Wildman–Crippen MR) is 99.0 cm³/mol. The molecule has 7 nitrogen and oxygen atoms in total. The lowest BCUT2D eigenvalue weighted by Gasteiger charge is -2.20. The van der Waals surface area contributed by atoms with Gasteiger partial charge in [0.15, 0.2) is 0 Å². The molecule has 8 heteroatoms. The number of rotatable bonds is 4. The number of fused-ring (bicyclic) bond motifs is 1. The molecule has 136 valence electrons. The van der Waals surface area contributed by atoms with Gasteiger partial charge in [-0.25, -0.2) is 0 Å². The smallest absolute Gasteiger partial charge is 0.293 e. The van der Waals surface area contributed by atoms with Crippen LogP contribution in [0.4, 0.5) is 11.4 Å². The maximum atomic E-state index is 11.7. The quantitative estimate of drug-likeness (QED) is 0.623. The molecule has 0 aliphatic carbocycles. The molecule has 1 heterocycles. The molecule has 0 saturated heterocycles. The first kappa shape index (κ1) is 18.0. The zero-order chi connectivity index (χ0) is 18.7. The van der Waals surface area contributed by atoms with Crippen LogP contribution in [0.2, 0.25) is 5.02 Å². The van der Waals surface area contributed by atoms with E-state index in [1.54, 1.807) is 24.3 Å². The highest BCUT2D eigenvalue weighted by Gasteiger charge is 2.24. The second-order valence-corrected chi connectivity index (χ2v) is 6.37. The summed E-state index contributed by atoms with van der Waals surface area (Å²) in [4.78, 5) is 22.7. The molecule has 2 aromatic rings. The van der Waals surface area contributed by atoms with Crippen LogP contribution < -0.4 is 15.4 Å². The number of hydrogen-bond acceptors (Lipinski definition) is 5. The average Bonchev–Trinajstić information content (AvgIpc) is 2.83. The van der Waals surface area contributed by atoms with Crippen LogP contribution in [0.5, 0.6) is 5.75 Å². The van der Waals surface area contributed by atoms with Gasteiger partial charge in [-0.2, -0.15) is 0 Å². The van der Waals surface area contributed by atoms with E-state index < -0.39 is 4.92 Å². The summed E-state index contributed by atoms with van der Waals surface area (Å²) in [5.41, 5.74) is 1.35. The van der Waals surface area contributed by atoms with E-state index in [0.29, 0.717) is 23.1 Å². The van der Waals surface area contributed by atoms with Crippen LogP contribution in [0.15, 0.2) is 36.4 Å². The number of carbonyl (C=O) groups excluding carboxylic acids is 1. The number of nitrogens with zero attached hydrogens (tertiary/aromatic N) is 1. The Labute approximate surface area is 155 Å². The zero-order valence-electron chi connectivity index (χ0n) is 14.1. The number of ether oxygens (including phenoxy) is 1. The van der Waals surface area contributed by atoms with Gasteiger partial charge >= 0.3 is 0 Å². The topological polar surface area (TPSA) is 93.5 Å². The number of nitrogens with one attached hydrogen (secondary N) is 2. The first-order valence-electron chi connectivity index (χ1n) is 8.19. The molecule has 0 fully saturated rings. The molecule has 1 unspecified atom stereocenters. The van der Waals surface area contributed by atoms with Gasteiger partial charge in [-0.15, -0.1) is 0 Å². The van der Waals surface area contributed by atoms with Crippen molar-refractivity contribution in [1.82, 2.24) is 5.32 Å². The zero-order valence-corrected chi connectivity index (χ0v) is 14.9. The Bertz CT molecular complexity index is 856. The molecular formula is C18H18ClN3O4. The van der Waals surface area contributed by atoms with Gasteiger partial charge in [0.05, 0.1) is 17.6 Å². The van der Waals surface area contributed by atoms with E-state index in [1.807, 2.05) is 6.07 Å². The van der Waals surface area contributed by atoms with E-state index in [4.69, 9.17) is 16.3 Å². The SMILES string of the molecule is CNC(=O)c1ccc(NC2CCCOc3cc(Cl)ccc32)c([N+](=O)[O-])c1. The van der Waals surface area contributed by atoms with Gasteiger partial charge in [-0.1, -0.05) is 17.7 Å². The van der Waals surface area contributed by atoms with Crippen molar-refractivity contribution < 1.29 is 14.5 Å². The Morgan fingerprint density at radius 1 is 1.31 bits per heavy atom. The number of carbonyl (C=O) groups is 1. The van der Waals surface area contributed by atoms with E-state index in [-0.39, 0.29) is 23.2 Å². The molecule has 0 spiro atoms. The largest absolute Gasteiger partial charge is 0.493 e. The average molecular weight is 376 g/mol. The number of nitro groups is 1. The Kier molecular flexibility index (Phi) is 5.27. The van der Waals surface area contributed by atoms with Crippen molar-refractivity contribution in [2.75, 3.05) is 19.0 Å². The highest BCUT2D eigenvalue weighted by Crippen LogP contribution is 2.37. The molecular weight excluding hydrogens is 358 g/mol. The van der Waals surface area contributed by atoms with Crippen LogP contribution in [0.1, 0.15) is 34.8 Å². The van der Waals surface area contributed by atoms with Gasteiger partial charge < -0.3 is 15.4 Å². The molecule has 0 aromatic heterocycles. The molecule has 0 radical (unpaired) electrons. The Morgan fingerprint density at radius 2 is 2.12 bits per heavy atom. The second kappa shape index (κ2) is 7.61. The molecule has 2 N–H and O–H groups in total. The van der Waals surface area contributed by atoms with Gasteiger partial charge in [0.25, 0.3) is 11.6 Å². The molecule has 3 rings (SSSR count). The van der Waals surface area contributed by atoms with Crippen LogP contribution in [0.25, 0.3) is 0 Å². The van der Waals surface area contributed by atoms with Crippen molar-refractivity contribution in [3.63, 3.8) is 0 Å². The number of amides is 1. The van der Waals surface area contributed by atoms with E-state index in [2.05, 4.69) is 10.6 Å². The first-order valence-corrected chi connectivity index (χ1v) is 8.56. The molecule has 1 aliphatic heterocycles. The fraction of sp³-hybridized carbons (Fsp3) is 0.278. The van der Waals surface area contributed by atoms with Gasteiger partial charge in [0, 0.05) is 29.3 Å². The lowest BCUT2D eigenvalue weighted by atomic mass is 10.0. The molecule has 0 saturated carbocycles. The summed E-state index contributed by atoms with van der Waals surface area (Å²) in [6, 6.07) is 9.62. The van der Waals surface area contributed by atoms with Gasteiger partial charge in [-0.3, -0.25) is 14.9 Å². The molecule has 2 aromatic carbocycles. The normalized spacial score (nSPS) is 16.0. The van der Waals surface area contributed by atoms with E-state index in [9.17, 15) is 14.9 Å². The summed E-state index contributed by atoms with van der Waals surface area (Å²) in [5.74, 6) is 0.305. The molecule has 1 atom stereocenters. The molecule has 26 heavy (non-hydrogen) atoms. The Hall–Kier alpha value is -2.80. The first-order chi connectivity index (χ1) is 12.5. The van der Waals surface area contributed by atoms with Crippen LogP contribution in [-0.2, 0) is 0 Å². The third kappa shape index (κ3) is 3.72. The van der Waals surface area contributed by atoms with E-state index >= 15 is 0 Å². The van der Waals surface area contributed by atoms with Gasteiger partial charge in [0.1, 0.15) is 11.4 Å². The van der Waals surface area contributed by atoms with Crippen molar-refractivity contribution in [2.45, 2.75) is 18.9 Å². The second-order valence-electron chi connectivity index (χ2n) is 5.94. The number of benzene rings is 2. The monoisotopic (exact) mass is 375 g/mol. The fourth-order valence-corrected chi connectivity index (χ4v) is 3.14. The molecule has 0 bridgehead atoms. The summed E-state index contributed by atoms with van der Waals surface area (Å²) < 4.78 is 5.73. The van der Waals surface area contributed by atoms with Crippen LogP contribution in [-0.4, -0.2) is 24.5 Å². The van der Waals surface area contributed by atoms with Gasteiger partial charge in [-0.05, 0) is 37.1 Å². The van der Waals surface area contributed by atoms with E-state index in [0.717, 1.165) is 18.4 Å². The van der Waals surface area contributed by atoms with Gasteiger partial charge in [0.2, 0.25) is 0 Å². The third-order valence-electron chi connectivity index (χ3n) is 4.26. The standard InChI is InChI=1S/C18H18ClN3O4/c1-20-18(23)11-4-7-15(16(9-11)22(24)25)21-14-3-2-8-26-17-10-12(19)5-6-13(14)17/h4-7,9-10,14,21H,2-3,8H2,1H3,(H,20,23). The highest BCUT2D eigenvalue weighted by atomic mass is 35.5. The number of halogens is 1.